The summed E-state index contributed by atoms with van der Waals surface area (Å²) < 4.78 is 37.0. The summed E-state index contributed by atoms with van der Waals surface area (Å²) in [5.74, 6) is -0.140. The van der Waals surface area contributed by atoms with Gasteiger partial charge in [0.1, 0.15) is 12.2 Å². The lowest BCUT2D eigenvalue weighted by Crippen LogP contribution is -2.64. The van der Waals surface area contributed by atoms with Gasteiger partial charge in [-0.25, -0.2) is 8.78 Å². The first kappa shape index (κ1) is 21.1. The molecule has 3 fully saturated rings. The zero-order valence-electron chi connectivity index (χ0n) is 17.1. The summed E-state index contributed by atoms with van der Waals surface area (Å²) in [5, 5.41) is 11.3. The average Bonchev–Trinajstić information content (AvgIpc) is 3.02. The van der Waals surface area contributed by atoms with Crippen molar-refractivity contribution in [1.29, 1.82) is 0 Å². The highest BCUT2D eigenvalue weighted by molar-refractivity contribution is 5.90. The van der Waals surface area contributed by atoms with Crippen LogP contribution in [0.2, 0.25) is 0 Å². The van der Waals surface area contributed by atoms with Crippen molar-refractivity contribution < 1.29 is 28.2 Å². The molecule has 27 heavy (non-hydrogen) atoms. The third-order valence-corrected chi connectivity index (χ3v) is 8.57. The second kappa shape index (κ2) is 7.03. The number of aliphatic hydroxyl groups excluding tert-OH is 1. The van der Waals surface area contributed by atoms with Crippen LogP contribution in [0.25, 0.3) is 0 Å². The Bertz CT molecular complexity index is 585. The first-order chi connectivity index (χ1) is 12.5. The average molecular weight is 388 g/mol. The lowest BCUT2D eigenvalue weighted by atomic mass is 9.45. The van der Waals surface area contributed by atoms with Crippen molar-refractivity contribution in [2.75, 3.05) is 13.7 Å². The van der Waals surface area contributed by atoms with Gasteiger partial charge in [-0.2, -0.15) is 0 Å². The van der Waals surface area contributed by atoms with Gasteiger partial charge in [-0.15, -0.1) is 0 Å². The Morgan fingerprint density at radius 2 is 1.85 bits per heavy atom. The minimum atomic E-state index is -2.64. The fraction of sp³-hybridized carbons (Fsp3) is 0.952. The molecule has 3 aliphatic carbocycles. The summed E-state index contributed by atoms with van der Waals surface area (Å²) in [6.45, 7) is 7.00. The predicted octanol–water partition coefficient (Wildman–Crippen LogP) is 3.84. The predicted molar refractivity (Wildman–Crippen MR) is 97.6 cm³/mol. The quantitative estimate of drug-likeness (QED) is 0.795. The SMILES string of the molecule is COC1CCC23CC[C@@H](C)[C@](C)(C12)[C@H](O)C[C@@](C)(OCC(F)F)C(=O)[C@@H]3C. The Hall–Kier alpha value is -0.590. The third-order valence-electron chi connectivity index (χ3n) is 8.57. The number of halogens is 2. The van der Waals surface area contributed by atoms with Crippen molar-refractivity contribution in [2.24, 2.45) is 28.6 Å². The van der Waals surface area contributed by atoms with Crippen LogP contribution < -0.4 is 0 Å². The topological polar surface area (TPSA) is 55.8 Å². The van der Waals surface area contributed by atoms with Gasteiger partial charge in [-0.05, 0) is 49.9 Å². The minimum Gasteiger partial charge on any atom is -0.392 e. The van der Waals surface area contributed by atoms with Crippen LogP contribution in [0.15, 0.2) is 0 Å². The molecule has 0 aliphatic heterocycles. The maximum Gasteiger partial charge on any atom is 0.261 e. The number of hydrogen-bond acceptors (Lipinski definition) is 4. The van der Waals surface area contributed by atoms with Crippen molar-refractivity contribution in [3.63, 3.8) is 0 Å². The van der Waals surface area contributed by atoms with Gasteiger partial charge in [-0.1, -0.05) is 20.8 Å². The van der Waals surface area contributed by atoms with Crippen LogP contribution in [0.1, 0.15) is 59.8 Å². The summed E-state index contributed by atoms with van der Waals surface area (Å²) in [6, 6.07) is 0. The monoisotopic (exact) mass is 388 g/mol. The van der Waals surface area contributed by atoms with Crippen LogP contribution in [-0.2, 0) is 14.3 Å². The molecule has 0 aromatic carbocycles. The molecule has 3 aliphatic rings. The third kappa shape index (κ3) is 2.98. The second-order valence-corrected chi connectivity index (χ2v) is 9.57. The maximum absolute atomic E-state index is 13.5. The number of hydrogen-bond donors (Lipinski definition) is 1. The number of ketones is 1. The van der Waals surface area contributed by atoms with E-state index in [-0.39, 0.29) is 41.5 Å². The lowest BCUT2D eigenvalue weighted by Gasteiger charge is -2.61. The van der Waals surface area contributed by atoms with Crippen molar-refractivity contribution in [2.45, 2.75) is 84.0 Å². The molecule has 3 unspecified atom stereocenters. The molecule has 2 bridgehead atoms. The van der Waals surface area contributed by atoms with E-state index in [0.717, 1.165) is 25.7 Å². The first-order valence-corrected chi connectivity index (χ1v) is 10.2. The zero-order chi connectivity index (χ0) is 20.2. The zero-order valence-corrected chi connectivity index (χ0v) is 17.1. The molecule has 1 N–H and O–H groups in total. The number of carbonyl (C=O) groups is 1. The lowest BCUT2D eigenvalue weighted by molar-refractivity contribution is -0.209. The standard InChI is InChI=1S/C21H34F2O4/c1-12-6-8-21-9-7-14(26-5)17(21)20(12,4)15(24)10-19(3,18(25)13(21)2)27-11-16(22)23/h12-17,24H,6-11H2,1-5H3/t12-,13+,14?,15-,17?,19-,20+,21?/m1/s1. The summed E-state index contributed by atoms with van der Waals surface area (Å²) in [5.41, 5.74) is -2.10. The van der Waals surface area contributed by atoms with E-state index in [0.29, 0.717) is 0 Å². The van der Waals surface area contributed by atoms with Gasteiger partial charge in [-0.3, -0.25) is 4.79 Å². The molecule has 0 saturated heterocycles. The number of carbonyl (C=O) groups excluding carboxylic acids is 1. The number of aliphatic hydroxyl groups is 1. The fourth-order valence-electron chi connectivity index (χ4n) is 6.78. The first-order valence-electron chi connectivity index (χ1n) is 10.2. The molecule has 0 radical (unpaired) electrons. The molecule has 8 atom stereocenters. The van der Waals surface area contributed by atoms with Crippen molar-refractivity contribution in [3.05, 3.63) is 0 Å². The normalized spacial score (nSPS) is 50.4. The summed E-state index contributed by atoms with van der Waals surface area (Å²) in [6.07, 6.45) is 0.182. The van der Waals surface area contributed by atoms with Crippen LogP contribution in [-0.4, -0.2) is 48.8 Å². The number of methoxy groups -OCH3 is 1. The van der Waals surface area contributed by atoms with Crippen LogP contribution in [0.5, 0.6) is 0 Å². The van der Waals surface area contributed by atoms with Crippen molar-refractivity contribution in [3.8, 4) is 0 Å². The summed E-state index contributed by atoms with van der Waals surface area (Å²) in [7, 11) is 1.71. The number of Topliss-reactive ketones (excluding diaryl/α,β-unsaturated/α-hetero) is 1. The Kier molecular flexibility index (Phi) is 5.50. The van der Waals surface area contributed by atoms with Gasteiger partial charge < -0.3 is 14.6 Å². The molecule has 156 valence electrons. The van der Waals surface area contributed by atoms with Gasteiger partial charge in [0, 0.05) is 24.9 Å². The minimum absolute atomic E-state index is 0.00832. The smallest absolute Gasteiger partial charge is 0.261 e. The number of alkyl halides is 2. The highest BCUT2D eigenvalue weighted by atomic mass is 19.3. The highest BCUT2D eigenvalue weighted by Crippen LogP contribution is 2.67. The molecule has 0 amide bonds. The summed E-state index contributed by atoms with van der Waals surface area (Å²) >= 11 is 0. The van der Waals surface area contributed by atoms with E-state index in [1.54, 1.807) is 14.0 Å². The Balaban J connectivity index is 2.09. The van der Waals surface area contributed by atoms with Gasteiger partial charge in [0.25, 0.3) is 6.43 Å². The van der Waals surface area contributed by atoms with E-state index in [1.807, 2.05) is 6.92 Å². The molecule has 0 heterocycles. The Morgan fingerprint density at radius 1 is 1.22 bits per heavy atom. The molecular weight excluding hydrogens is 354 g/mol. The highest BCUT2D eigenvalue weighted by Gasteiger charge is 2.68. The summed E-state index contributed by atoms with van der Waals surface area (Å²) in [4.78, 5) is 13.5. The van der Waals surface area contributed by atoms with Gasteiger partial charge in [0.15, 0.2) is 5.78 Å². The second-order valence-electron chi connectivity index (χ2n) is 9.57. The van der Waals surface area contributed by atoms with E-state index in [2.05, 4.69) is 13.8 Å². The molecular formula is C21H34F2O4. The van der Waals surface area contributed by atoms with Crippen molar-refractivity contribution >= 4 is 5.78 Å². The van der Waals surface area contributed by atoms with Crippen LogP contribution in [0, 0.1) is 28.6 Å². The van der Waals surface area contributed by atoms with E-state index in [4.69, 9.17) is 9.47 Å². The molecule has 0 aromatic heterocycles. The fourth-order valence-corrected chi connectivity index (χ4v) is 6.78. The van der Waals surface area contributed by atoms with Crippen LogP contribution in [0.4, 0.5) is 8.78 Å². The van der Waals surface area contributed by atoms with E-state index in [9.17, 15) is 18.7 Å². The van der Waals surface area contributed by atoms with Gasteiger partial charge >= 0.3 is 0 Å². The van der Waals surface area contributed by atoms with E-state index >= 15 is 0 Å². The number of rotatable bonds is 4. The molecule has 4 nitrogen and oxygen atoms in total. The molecule has 3 rings (SSSR count). The van der Waals surface area contributed by atoms with Gasteiger partial charge in [0.05, 0.1) is 12.2 Å². The molecule has 3 saturated carbocycles. The van der Waals surface area contributed by atoms with E-state index < -0.39 is 30.2 Å². The molecule has 0 aromatic rings. The van der Waals surface area contributed by atoms with Gasteiger partial charge in [0.2, 0.25) is 0 Å². The van der Waals surface area contributed by atoms with Crippen LogP contribution in [0.3, 0.4) is 0 Å². The molecule has 6 heteroatoms. The largest absolute Gasteiger partial charge is 0.392 e. The number of ether oxygens (including phenoxy) is 2. The van der Waals surface area contributed by atoms with E-state index in [1.165, 1.54) is 0 Å². The molecule has 0 spiro atoms. The Morgan fingerprint density at radius 3 is 2.44 bits per heavy atom. The van der Waals surface area contributed by atoms with Crippen LogP contribution >= 0.6 is 0 Å². The Labute approximate surface area is 161 Å². The maximum atomic E-state index is 13.5. The van der Waals surface area contributed by atoms with Crippen molar-refractivity contribution in [1.82, 2.24) is 0 Å².